The van der Waals surface area contributed by atoms with Gasteiger partial charge in [0.05, 0.1) is 18.6 Å². The Morgan fingerprint density at radius 1 is 1.21 bits per heavy atom. The number of esters is 1. The van der Waals surface area contributed by atoms with Crippen LogP contribution in [0.1, 0.15) is 46.5 Å². The lowest BCUT2D eigenvalue weighted by Gasteiger charge is -2.20. The topological polar surface area (TPSA) is 46.5 Å². The van der Waals surface area contributed by atoms with E-state index in [2.05, 4.69) is 0 Å². The van der Waals surface area contributed by atoms with Crippen molar-refractivity contribution in [2.75, 3.05) is 6.61 Å². The monoisotopic (exact) mass is 202 g/mol. The van der Waals surface area contributed by atoms with Gasteiger partial charge in [-0.15, -0.1) is 0 Å². The molecule has 14 heavy (non-hydrogen) atoms. The normalized spacial score (nSPS) is 14.9. The van der Waals surface area contributed by atoms with E-state index in [4.69, 9.17) is 4.74 Å². The van der Waals surface area contributed by atoms with Crippen LogP contribution in [0.25, 0.3) is 0 Å². The third-order valence-corrected chi connectivity index (χ3v) is 2.24. The standard InChI is InChI=1S/C11H22O3/c1-4-7-9(10(12)8-5-2)11(13)14-6-3/h9-10,12H,4-8H2,1-3H3. The lowest BCUT2D eigenvalue weighted by molar-refractivity contribution is -0.152. The minimum absolute atomic E-state index is 0.254. The molecule has 0 saturated carbocycles. The van der Waals surface area contributed by atoms with Crippen LogP contribution in [0.15, 0.2) is 0 Å². The lowest BCUT2D eigenvalue weighted by atomic mass is 9.94. The van der Waals surface area contributed by atoms with Crippen LogP contribution in [-0.2, 0) is 9.53 Å². The molecule has 0 radical (unpaired) electrons. The van der Waals surface area contributed by atoms with Crippen molar-refractivity contribution in [2.45, 2.75) is 52.6 Å². The molecule has 0 rings (SSSR count). The van der Waals surface area contributed by atoms with Crippen LogP contribution in [0, 0.1) is 5.92 Å². The average Bonchev–Trinajstić information content (AvgIpc) is 2.14. The molecule has 0 fully saturated rings. The van der Waals surface area contributed by atoms with Crippen molar-refractivity contribution < 1.29 is 14.6 Å². The second-order valence-electron chi connectivity index (χ2n) is 3.50. The van der Waals surface area contributed by atoms with E-state index in [0.29, 0.717) is 19.4 Å². The lowest BCUT2D eigenvalue weighted by Crippen LogP contribution is -2.29. The van der Waals surface area contributed by atoms with Gasteiger partial charge in [-0.3, -0.25) is 4.79 Å². The van der Waals surface area contributed by atoms with Gasteiger partial charge < -0.3 is 9.84 Å². The first-order chi connectivity index (χ1) is 6.67. The summed E-state index contributed by atoms with van der Waals surface area (Å²) >= 11 is 0. The van der Waals surface area contributed by atoms with Gasteiger partial charge in [0.25, 0.3) is 0 Å². The zero-order valence-corrected chi connectivity index (χ0v) is 9.45. The largest absolute Gasteiger partial charge is 0.466 e. The Labute approximate surface area is 86.5 Å². The summed E-state index contributed by atoms with van der Waals surface area (Å²) in [5, 5.41) is 9.74. The first kappa shape index (κ1) is 13.4. The molecular weight excluding hydrogens is 180 g/mol. The third-order valence-electron chi connectivity index (χ3n) is 2.24. The quantitative estimate of drug-likeness (QED) is 0.643. The maximum absolute atomic E-state index is 11.5. The van der Waals surface area contributed by atoms with Crippen molar-refractivity contribution in [3.05, 3.63) is 0 Å². The third kappa shape index (κ3) is 4.61. The molecule has 0 heterocycles. The molecule has 0 amide bonds. The van der Waals surface area contributed by atoms with Crippen LogP contribution in [0.5, 0.6) is 0 Å². The summed E-state index contributed by atoms with van der Waals surface area (Å²) in [7, 11) is 0. The molecular formula is C11H22O3. The Kier molecular flexibility index (Phi) is 7.48. The first-order valence-electron chi connectivity index (χ1n) is 5.51. The summed E-state index contributed by atoms with van der Waals surface area (Å²) in [6, 6.07) is 0. The van der Waals surface area contributed by atoms with E-state index < -0.39 is 6.10 Å². The second kappa shape index (κ2) is 7.80. The van der Waals surface area contributed by atoms with Crippen LogP contribution in [0.3, 0.4) is 0 Å². The SMILES string of the molecule is CCCC(O)C(CCC)C(=O)OCC. The second-order valence-corrected chi connectivity index (χ2v) is 3.50. The molecule has 2 unspecified atom stereocenters. The van der Waals surface area contributed by atoms with Crippen LogP contribution >= 0.6 is 0 Å². The molecule has 0 spiro atoms. The highest BCUT2D eigenvalue weighted by Gasteiger charge is 2.26. The summed E-state index contributed by atoms with van der Waals surface area (Å²) in [5.74, 6) is -0.588. The predicted molar refractivity (Wildman–Crippen MR) is 55.9 cm³/mol. The van der Waals surface area contributed by atoms with Crippen LogP contribution < -0.4 is 0 Å². The summed E-state index contributed by atoms with van der Waals surface area (Å²) in [4.78, 5) is 11.5. The highest BCUT2D eigenvalue weighted by molar-refractivity contribution is 5.73. The Hall–Kier alpha value is -0.570. The molecule has 84 valence electrons. The van der Waals surface area contributed by atoms with Crippen LogP contribution in [0.2, 0.25) is 0 Å². The molecule has 0 aromatic heterocycles. The number of carbonyl (C=O) groups is 1. The molecule has 0 aliphatic carbocycles. The molecule has 0 aromatic rings. The molecule has 0 aliphatic rings. The number of hydrogen-bond acceptors (Lipinski definition) is 3. The molecule has 0 bridgehead atoms. The summed E-state index contributed by atoms with van der Waals surface area (Å²) in [6.45, 7) is 6.17. The Balaban J connectivity index is 4.18. The van der Waals surface area contributed by atoms with E-state index in [1.807, 2.05) is 13.8 Å². The highest BCUT2D eigenvalue weighted by atomic mass is 16.5. The number of rotatable bonds is 7. The van der Waals surface area contributed by atoms with Crippen LogP contribution in [-0.4, -0.2) is 23.8 Å². The van der Waals surface area contributed by atoms with Gasteiger partial charge in [-0.2, -0.15) is 0 Å². The fourth-order valence-electron chi connectivity index (χ4n) is 1.52. The van der Waals surface area contributed by atoms with Gasteiger partial charge >= 0.3 is 5.97 Å². The fourth-order valence-corrected chi connectivity index (χ4v) is 1.52. The van der Waals surface area contributed by atoms with Gasteiger partial charge in [0.15, 0.2) is 0 Å². The Morgan fingerprint density at radius 3 is 2.21 bits per heavy atom. The molecule has 3 nitrogen and oxygen atoms in total. The Bertz CT molecular complexity index is 157. The van der Waals surface area contributed by atoms with Gasteiger partial charge in [-0.25, -0.2) is 0 Å². The number of carbonyl (C=O) groups excluding carboxylic acids is 1. The molecule has 3 heteroatoms. The molecule has 0 aliphatic heterocycles. The van der Waals surface area contributed by atoms with Crippen molar-refractivity contribution >= 4 is 5.97 Å². The van der Waals surface area contributed by atoms with E-state index in [1.165, 1.54) is 0 Å². The molecule has 0 aromatic carbocycles. The first-order valence-corrected chi connectivity index (χ1v) is 5.51. The summed E-state index contributed by atoms with van der Waals surface area (Å²) in [5.41, 5.74) is 0. The number of aliphatic hydroxyl groups excluding tert-OH is 1. The summed E-state index contributed by atoms with van der Waals surface area (Å²) in [6.07, 6.45) is 2.62. The van der Waals surface area contributed by atoms with Crippen LogP contribution in [0.4, 0.5) is 0 Å². The van der Waals surface area contributed by atoms with Crippen molar-refractivity contribution in [1.29, 1.82) is 0 Å². The van der Waals surface area contributed by atoms with Gasteiger partial charge in [0.2, 0.25) is 0 Å². The summed E-state index contributed by atoms with van der Waals surface area (Å²) < 4.78 is 4.93. The van der Waals surface area contributed by atoms with Gasteiger partial charge in [0, 0.05) is 0 Å². The van der Waals surface area contributed by atoms with E-state index in [1.54, 1.807) is 6.92 Å². The average molecular weight is 202 g/mol. The molecule has 2 atom stereocenters. The minimum atomic E-state index is -0.543. The minimum Gasteiger partial charge on any atom is -0.466 e. The number of hydrogen-bond donors (Lipinski definition) is 1. The van der Waals surface area contributed by atoms with E-state index in [-0.39, 0.29) is 11.9 Å². The van der Waals surface area contributed by atoms with Gasteiger partial charge in [0.1, 0.15) is 0 Å². The molecule has 1 N–H and O–H groups in total. The maximum Gasteiger partial charge on any atom is 0.311 e. The predicted octanol–water partition coefficient (Wildman–Crippen LogP) is 2.13. The number of aliphatic hydroxyl groups is 1. The molecule has 0 saturated heterocycles. The van der Waals surface area contributed by atoms with Gasteiger partial charge in [-0.05, 0) is 19.8 Å². The van der Waals surface area contributed by atoms with Crippen molar-refractivity contribution in [1.82, 2.24) is 0 Å². The van der Waals surface area contributed by atoms with Crippen molar-refractivity contribution in [3.63, 3.8) is 0 Å². The zero-order chi connectivity index (χ0) is 11.0. The van der Waals surface area contributed by atoms with Gasteiger partial charge in [-0.1, -0.05) is 26.7 Å². The van der Waals surface area contributed by atoms with Crippen molar-refractivity contribution in [2.24, 2.45) is 5.92 Å². The fraction of sp³-hybridized carbons (Fsp3) is 0.909. The maximum atomic E-state index is 11.5. The smallest absolute Gasteiger partial charge is 0.311 e. The van der Waals surface area contributed by atoms with E-state index in [0.717, 1.165) is 12.8 Å². The van der Waals surface area contributed by atoms with E-state index in [9.17, 15) is 9.90 Å². The highest BCUT2D eigenvalue weighted by Crippen LogP contribution is 2.17. The Morgan fingerprint density at radius 2 is 1.79 bits per heavy atom. The van der Waals surface area contributed by atoms with E-state index >= 15 is 0 Å². The van der Waals surface area contributed by atoms with Crippen molar-refractivity contribution in [3.8, 4) is 0 Å². The number of ether oxygens (including phenoxy) is 1. The zero-order valence-electron chi connectivity index (χ0n) is 9.45.